The van der Waals surface area contributed by atoms with E-state index in [0.29, 0.717) is 6.07 Å². The van der Waals surface area contributed by atoms with Gasteiger partial charge in [-0.3, -0.25) is 0 Å². The average Bonchev–Trinajstić information content (AvgIpc) is 2.34. The molecule has 0 aromatic carbocycles. The SMILES string of the molecule is CNc1nc(NCC(F)(F)C(F)F)cc(C(F)(F)F)n1. The summed E-state index contributed by atoms with van der Waals surface area (Å²) in [4.78, 5) is 6.50. The summed E-state index contributed by atoms with van der Waals surface area (Å²) in [7, 11) is 1.22. The Kier molecular flexibility index (Phi) is 4.61. The molecule has 0 unspecified atom stereocenters. The van der Waals surface area contributed by atoms with E-state index < -0.39 is 42.5 Å². The number of alkyl halides is 7. The topological polar surface area (TPSA) is 49.8 Å². The first-order valence-corrected chi connectivity index (χ1v) is 5.10. The Bertz CT molecular complexity index is 460. The average molecular weight is 306 g/mol. The van der Waals surface area contributed by atoms with Crippen LogP contribution in [0.3, 0.4) is 0 Å². The van der Waals surface area contributed by atoms with E-state index in [1.807, 2.05) is 0 Å². The van der Waals surface area contributed by atoms with Gasteiger partial charge in [0.05, 0.1) is 6.54 Å². The minimum absolute atomic E-state index is 0.350. The third kappa shape index (κ3) is 4.10. The molecule has 1 aromatic heterocycles. The van der Waals surface area contributed by atoms with Gasteiger partial charge in [0.15, 0.2) is 5.69 Å². The highest BCUT2D eigenvalue weighted by Gasteiger charge is 2.40. The molecule has 0 bridgehead atoms. The van der Waals surface area contributed by atoms with Crippen molar-refractivity contribution in [2.24, 2.45) is 0 Å². The zero-order valence-corrected chi connectivity index (χ0v) is 9.90. The lowest BCUT2D eigenvalue weighted by Crippen LogP contribution is -2.35. The van der Waals surface area contributed by atoms with Crippen molar-refractivity contribution in [1.29, 1.82) is 0 Å². The fourth-order valence-electron chi connectivity index (χ4n) is 1.08. The summed E-state index contributed by atoms with van der Waals surface area (Å²) >= 11 is 0. The maximum Gasteiger partial charge on any atom is 0.433 e. The smallest absolute Gasteiger partial charge is 0.364 e. The van der Waals surface area contributed by atoms with Gasteiger partial charge in [-0.05, 0) is 0 Å². The van der Waals surface area contributed by atoms with E-state index in [-0.39, 0.29) is 0 Å². The molecule has 0 fully saturated rings. The number of nitrogens with one attached hydrogen (secondary N) is 2. The molecule has 11 heteroatoms. The quantitative estimate of drug-likeness (QED) is 0.821. The third-order valence-corrected chi connectivity index (χ3v) is 2.06. The molecule has 0 spiro atoms. The number of rotatable bonds is 5. The molecule has 20 heavy (non-hydrogen) atoms. The van der Waals surface area contributed by atoms with Gasteiger partial charge >= 0.3 is 18.5 Å². The lowest BCUT2D eigenvalue weighted by Gasteiger charge is -2.17. The van der Waals surface area contributed by atoms with E-state index in [9.17, 15) is 30.7 Å². The minimum Gasteiger partial charge on any atom is -0.364 e. The van der Waals surface area contributed by atoms with Crippen LogP contribution < -0.4 is 10.6 Å². The van der Waals surface area contributed by atoms with Crippen molar-refractivity contribution < 1.29 is 30.7 Å². The van der Waals surface area contributed by atoms with Crippen molar-refractivity contribution in [2.75, 3.05) is 24.2 Å². The Balaban J connectivity index is 2.96. The van der Waals surface area contributed by atoms with Crippen molar-refractivity contribution in [1.82, 2.24) is 9.97 Å². The number of nitrogens with zero attached hydrogens (tertiary/aromatic N) is 2. The lowest BCUT2D eigenvalue weighted by atomic mass is 10.3. The van der Waals surface area contributed by atoms with Crippen LogP contribution in [0.25, 0.3) is 0 Å². The molecule has 1 aromatic rings. The third-order valence-electron chi connectivity index (χ3n) is 2.06. The molecule has 0 aliphatic rings. The minimum atomic E-state index is -4.82. The van der Waals surface area contributed by atoms with Gasteiger partial charge in [-0.25, -0.2) is 13.8 Å². The number of aromatic nitrogens is 2. The Morgan fingerprint density at radius 1 is 1.15 bits per heavy atom. The van der Waals surface area contributed by atoms with Crippen LogP contribution in [-0.2, 0) is 6.18 Å². The fraction of sp³-hybridized carbons (Fsp3) is 0.556. The van der Waals surface area contributed by atoms with E-state index in [4.69, 9.17) is 0 Å². The van der Waals surface area contributed by atoms with Gasteiger partial charge in [0.2, 0.25) is 5.95 Å². The first-order chi connectivity index (χ1) is 9.06. The van der Waals surface area contributed by atoms with Crippen LogP contribution in [0, 0.1) is 0 Å². The van der Waals surface area contributed by atoms with Gasteiger partial charge in [-0.2, -0.15) is 26.9 Å². The van der Waals surface area contributed by atoms with Crippen molar-refractivity contribution in [3.05, 3.63) is 11.8 Å². The van der Waals surface area contributed by atoms with Crippen LogP contribution >= 0.6 is 0 Å². The van der Waals surface area contributed by atoms with Crippen LogP contribution in [0.2, 0.25) is 0 Å². The van der Waals surface area contributed by atoms with E-state index in [2.05, 4.69) is 15.3 Å². The van der Waals surface area contributed by atoms with E-state index in [1.165, 1.54) is 7.05 Å². The second-order valence-corrected chi connectivity index (χ2v) is 3.63. The molecule has 0 aliphatic carbocycles. The summed E-state index contributed by atoms with van der Waals surface area (Å²) < 4.78 is 86.6. The standard InChI is InChI=1S/C9H9F7N4/c1-17-7-19-4(9(14,15)16)2-5(20-7)18-3-8(12,13)6(10)11/h2,6H,3H2,1H3,(H2,17,18,19,20). The molecule has 0 amide bonds. The molecule has 0 atom stereocenters. The Morgan fingerprint density at radius 3 is 2.20 bits per heavy atom. The molecule has 0 saturated carbocycles. The summed E-state index contributed by atoms with van der Waals surface area (Å²) in [5.74, 6) is -5.51. The molecule has 114 valence electrons. The number of halogens is 7. The van der Waals surface area contributed by atoms with Crippen LogP contribution in [0.1, 0.15) is 5.69 Å². The second kappa shape index (κ2) is 5.67. The lowest BCUT2D eigenvalue weighted by molar-refractivity contribution is -0.141. The predicted octanol–water partition coefficient (Wildman–Crippen LogP) is 2.85. The summed E-state index contributed by atoms with van der Waals surface area (Å²) in [6.07, 6.45) is -8.77. The Morgan fingerprint density at radius 2 is 1.75 bits per heavy atom. The van der Waals surface area contributed by atoms with Gasteiger partial charge < -0.3 is 10.6 Å². The van der Waals surface area contributed by atoms with Crippen molar-refractivity contribution in [2.45, 2.75) is 18.5 Å². The second-order valence-electron chi connectivity index (χ2n) is 3.63. The molecule has 2 N–H and O–H groups in total. The maximum atomic E-state index is 12.7. The molecule has 0 saturated heterocycles. The van der Waals surface area contributed by atoms with Crippen LogP contribution in [-0.4, -0.2) is 35.9 Å². The monoisotopic (exact) mass is 306 g/mol. The summed E-state index contributed by atoms with van der Waals surface area (Å²) in [6, 6.07) is 0.350. The molecule has 1 rings (SSSR count). The number of hydrogen-bond acceptors (Lipinski definition) is 4. The molecule has 0 radical (unpaired) electrons. The van der Waals surface area contributed by atoms with Gasteiger partial charge in [0.1, 0.15) is 5.82 Å². The van der Waals surface area contributed by atoms with Crippen LogP contribution in [0.15, 0.2) is 6.07 Å². The normalized spacial score (nSPS) is 12.7. The van der Waals surface area contributed by atoms with E-state index in [0.717, 1.165) is 0 Å². The van der Waals surface area contributed by atoms with Gasteiger partial charge in [0.25, 0.3) is 0 Å². The predicted molar refractivity (Wildman–Crippen MR) is 56.0 cm³/mol. The van der Waals surface area contributed by atoms with Crippen molar-refractivity contribution >= 4 is 11.8 Å². The van der Waals surface area contributed by atoms with E-state index in [1.54, 1.807) is 5.32 Å². The van der Waals surface area contributed by atoms with Gasteiger partial charge in [-0.1, -0.05) is 0 Å². The molecule has 0 aliphatic heterocycles. The first-order valence-electron chi connectivity index (χ1n) is 5.10. The first kappa shape index (κ1) is 16.2. The molecule has 4 nitrogen and oxygen atoms in total. The Labute approximate surface area is 108 Å². The van der Waals surface area contributed by atoms with Crippen LogP contribution in [0.4, 0.5) is 42.5 Å². The fourth-order valence-corrected chi connectivity index (χ4v) is 1.08. The zero-order chi connectivity index (χ0) is 15.6. The van der Waals surface area contributed by atoms with Crippen LogP contribution in [0.5, 0.6) is 0 Å². The highest BCUT2D eigenvalue weighted by molar-refractivity contribution is 5.43. The summed E-state index contributed by atoms with van der Waals surface area (Å²) in [6.45, 7) is -1.55. The highest BCUT2D eigenvalue weighted by atomic mass is 19.4. The summed E-state index contributed by atoms with van der Waals surface area (Å²) in [5.41, 5.74) is -1.39. The number of anilines is 2. The summed E-state index contributed by atoms with van der Waals surface area (Å²) in [5, 5.41) is 3.93. The van der Waals surface area contributed by atoms with Gasteiger partial charge in [0, 0.05) is 13.1 Å². The molecule has 1 heterocycles. The Hall–Kier alpha value is -1.81. The van der Waals surface area contributed by atoms with Gasteiger partial charge in [-0.15, -0.1) is 0 Å². The van der Waals surface area contributed by atoms with Crippen molar-refractivity contribution in [3.8, 4) is 0 Å². The van der Waals surface area contributed by atoms with Crippen molar-refractivity contribution in [3.63, 3.8) is 0 Å². The zero-order valence-electron chi connectivity index (χ0n) is 9.90. The number of hydrogen-bond donors (Lipinski definition) is 2. The maximum absolute atomic E-state index is 12.7. The highest BCUT2D eigenvalue weighted by Crippen LogP contribution is 2.30. The largest absolute Gasteiger partial charge is 0.433 e. The molecular weight excluding hydrogens is 297 g/mol. The van der Waals surface area contributed by atoms with E-state index >= 15 is 0 Å². The molecular formula is C9H9F7N4.